The first-order valence-electron chi connectivity index (χ1n) is 6.39. The Labute approximate surface area is 125 Å². The molecule has 0 aliphatic heterocycles. The summed E-state index contributed by atoms with van der Waals surface area (Å²) in [4.78, 5) is 9.01. The smallest absolute Gasteiger partial charge is 0.0924 e. The van der Waals surface area contributed by atoms with Crippen LogP contribution in [0.15, 0.2) is 41.1 Å². The quantitative estimate of drug-likeness (QED) is 0.801. The Morgan fingerprint density at radius 2 is 2.00 bits per heavy atom. The lowest BCUT2D eigenvalue weighted by Crippen LogP contribution is -2.19. The molecule has 0 radical (unpaired) electrons. The van der Waals surface area contributed by atoms with E-state index in [2.05, 4.69) is 31.0 Å². The van der Waals surface area contributed by atoms with E-state index < -0.39 is 0 Å². The molecular formula is C14H14BrN5. The number of hydrogen-bond acceptors (Lipinski definition) is 4. The molecule has 5 nitrogen and oxygen atoms in total. The third-order valence-corrected chi connectivity index (χ3v) is 3.82. The topological polar surface area (TPSA) is 69.6 Å². The third kappa shape index (κ3) is 2.21. The molecule has 3 rings (SSSR count). The van der Waals surface area contributed by atoms with Gasteiger partial charge >= 0.3 is 0 Å². The molecule has 0 bridgehead atoms. The van der Waals surface area contributed by atoms with Gasteiger partial charge in [0.2, 0.25) is 0 Å². The summed E-state index contributed by atoms with van der Waals surface area (Å²) in [5.74, 6) is 0. The molecule has 0 fully saturated rings. The number of fused-ring (bicyclic) bond motifs is 1. The van der Waals surface area contributed by atoms with Crippen LogP contribution in [0.3, 0.4) is 0 Å². The van der Waals surface area contributed by atoms with E-state index in [1.54, 1.807) is 12.4 Å². The zero-order valence-corrected chi connectivity index (χ0v) is 12.6. The van der Waals surface area contributed by atoms with E-state index in [9.17, 15) is 0 Å². The van der Waals surface area contributed by atoms with E-state index in [-0.39, 0.29) is 6.04 Å². The zero-order valence-electron chi connectivity index (χ0n) is 11.0. The van der Waals surface area contributed by atoms with E-state index >= 15 is 0 Å². The van der Waals surface area contributed by atoms with E-state index in [0.717, 1.165) is 33.4 Å². The lowest BCUT2D eigenvalue weighted by molar-refractivity contribution is 0.595. The molecule has 0 aliphatic rings. The first-order chi connectivity index (χ1) is 9.70. The van der Waals surface area contributed by atoms with Crippen LogP contribution in [0, 0.1) is 0 Å². The molecule has 0 aliphatic carbocycles. The Morgan fingerprint density at radius 3 is 2.75 bits per heavy atom. The highest BCUT2D eigenvalue weighted by Gasteiger charge is 2.19. The zero-order chi connectivity index (χ0) is 14.1. The van der Waals surface area contributed by atoms with Crippen molar-refractivity contribution in [2.24, 2.45) is 5.73 Å². The van der Waals surface area contributed by atoms with Crippen molar-refractivity contribution >= 4 is 27.0 Å². The molecule has 2 heterocycles. The van der Waals surface area contributed by atoms with Crippen LogP contribution >= 0.6 is 15.9 Å². The van der Waals surface area contributed by atoms with Crippen LogP contribution in [0.25, 0.3) is 11.0 Å². The minimum atomic E-state index is -0.357. The number of hydrogen-bond donors (Lipinski definition) is 1. The Bertz CT molecular complexity index is 752. The van der Waals surface area contributed by atoms with Crippen molar-refractivity contribution in [2.75, 3.05) is 0 Å². The van der Waals surface area contributed by atoms with Gasteiger partial charge in [0, 0.05) is 6.54 Å². The molecular weight excluding hydrogens is 318 g/mol. The second-order valence-corrected chi connectivity index (χ2v) is 5.31. The summed E-state index contributed by atoms with van der Waals surface area (Å²) >= 11 is 3.49. The van der Waals surface area contributed by atoms with Gasteiger partial charge in [-0.2, -0.15) is 5.10 Å². The standard InChI is InChI=1S/C14H14BrN5/c1-2-20-14(9(15)7-18-20)13(16)12-8-17-10-5-3-4-6-11(10)19-12/h3-8,13H,2,16H2,1H3. The molecule has 0 saturated carbocycles. The average Bonchev–Trinajstić information content (AvgIpc) is 2.87. The fourth-order valence-electron chi connectivity index (χ4n) is 2.19. The third-order valence-electron chi connectivity index (χ3n) is 3.21. The molecule has 1 unspecified atom stereocenters. The van der Waals surface area contributed by atoms with Gasteiger partial charge in [0.25, 0.3) is 0 Å². The van der Waals surface area contributed by atoms with Crippen LogP contribution in [-0.4, -0.2) is 19.7 Å². The minimum absolute atomic E-state index is 0.357. The number of nitrogens with zero attached hydrogens (tertiary/aromatic N) is 4. The second-order valence-electron chi connectivity index (χ2n) is 4.45. The number of para-hydroxylation sites is 2. The highest BCUT2D eigenvalue weighted by atomic mass is 79.9. The molecule has 6 heteroatoms. The average molecular weight is 332 g/mol. The predicted molar refractivity (Wildman–Crippen MR) is 81.2 cm³/mol. The fourth-order valence-corrected chi connectivity index (χ4v) is 2.74. The normalized spacial score (nSPS) is 12.8. The molecule has 2 N–H and O–H groups in total. The number of halogens is 1. The summed E-state index contributed by atoms with van der Waals surface area (Å²) in [5.41, 5.74) is 9.70. The molecule has 20 heavy (non-hydrogen) atoms. The van der Waals surface area contributed by atoms with Crippen LogP contribution in [0.1, 0.15) is 24.4 Å². The molecule has 3 aromatic rings. The minimum Gasteiger partial charge on any atom is -0.318 e. The molecule has 2 aromatic heterocycles. The second kappa shape index (κ2) is 5.30. The molecule has 0 spiro atoms. The molecule has 1 atom stereocenters. The summed E-state index contributed by atoms with van der Waals surface area (Å²) in [6.45, 7) is 2.79. The molecule has 1 aromatic carbocycles. The SMILES string of the molecule is CCn1ncc(Br)c1C(N)c1cnc2ccccc2n1. The van der Waals surface area contributed by atoms with Crippen molar-refractivity contribution in [1.29, 1.82) is 0 Å². The number of nitrogens with two attached hydrogens (primary N) is 1. The van der Waals surface area contributed by atoms with Gasteiger partial charge in [0.15, 0.2) is 0 Å². The van der Waals surface area contributed by atoms with E-state index in [4.69, 9.17) is 5.73 Å². The van der Waals surface area contributed by atoms with Crippen molar-refractivity contribution in [1.82, 2.24) is 19.7 Å². The maximum absolute atomic E-state index is 6.34. The summed E-state index contributed by atoms with van der Waals surface area (Å²) < 4.78 is 2.76. The first-order valence-corrected chi connectivity index (χ1v) is 7.18. The van der Waals surface area contributed by atoms with Crippen molar-refractivity contribution in [3.8, 4) is 0 Å². The summed E-state index contributed by atoms with van der Waals surface area (Å²) in [7, 11) is 0. The van der Waals surface area contributed by atoms with E-state index in [1.165, 1.54) is 0 Å². The Morgan fingerprint density at radius 1 is 1.25 bits per heavy atom. The number of rotatable bonds is 3. The number of aryl methyl sites for hydroxylation is 1. The predicted octanol–water partition coefficient (Wildman–Crippen LogP) is 2.66. The number of benzene rings is 1. The maximum atomic E-state index is 6.34. The van der Waals surface area contributed by atoms with Gasteiger partial charge in [-0.25, -0.2) is 4.98 Å². The van der Waals surface area contributed by atoms with Gasteiger partial charge in [-0.15, -0.1) is 0 Å². The van der Waals surface area contributed by atoms with Crippen molar-refractivity contribution in [2.45, 2.75) is 19.5 Å². The van der Waals surface area contributed by atoms with Crippen LogP contribution in [0.5, 0.6) is 0 Å². The molecule has 0 amide bonds. The highest BCUT2D eigenvalue weighted by Crippen LogP contribution is 2.26. The highest BCUT2D eigenvalue weighted by molar-refractivity contribution is 9.10. The summed E-state index contributed by atoms with van der Waals surface area (Å²) in [6.07, 6.45) is 3.49. The van der Waals surface area contributed by atoms with Gasteiger partial charge in [-0.1, -0.05) is 12.1 Å². The van der Waals surface area contributed by atoms with Crippen LogP contribution in [-0.2, 0) is 6.54 Å². The van der Waals surface area contributed by atoms with Crippen LogP contribution < -0.4 is 5.73 Å². The van der Waals surface area contributed by atoms with Crippen molar-refractivity contribution in [3.05, 3.63) is 52.5 Å². The molecule has 102 valence electrons. The largest absolute Gasteiger partial charge is 0.318 e. The van der Waals surface area contributed by atoms with Crippen LogP contribution in [0.2, 0.25) is 0 Å². The lowest BCUT2D eigenvalue weighted by atomic mass is 10.1. The Kier molecular flexibility index (Phi) is 3.50. The van der Waals surface area contributed by atoms with E-state index in [0.29, 0.717) is 0 Å². The maximum Gasteiger partial charge on any atom is 0.0924 e. The van der Waals surface area contributed by atoms with Gasteiger partial charge in [0.05, 0.1) is 45.3 Å². The summed E-state index contributed by atoms with van der Waals surface area (Å²) in [5, 5.41) is 4.28. The van der Waals surface area contributed by atoms with Gasteiger partial charge in [-0.3, -0.25) is 9.67 Å². The first kappa shape index (κ1) is 13.2. The Balaban J connectivity index is 2.07. The lowest BCUT2D eigenvalue weighted by Gasteiger charge is -2.14. The van der Waals surface area contributed by atoms with Crippen molar-refractivity contribution < 1.29 is 0 Å². The monoisotopic (exact) mass is 331 g/mol. The van der Waals surface area contributed by atoms with Crippen molar-refractivity contribution in [3.63, 3.8) is 0 Å². The van der Waals surface area contributed by atoms with Gasteiger partial charge in [0.1, 0.15) is 0 Å². The molecule has 0 saturated heterocycles. The van der Waals surface area contributed by atoms with Gasteiger partial charge < -0.3 is 5.73 Å². The summed E-state index contributed by atoms with van der Waals surface area (Å²) in [6, 6.07) is 7.40. The number of aromatic nitrogens is 4. The van der Waals surface area contributed by atoms with Gasteiger partial charge in [-0.05, 0) is 35.0 Å². The van der Waals surface area contributed by atoms with Crippen LogP contribution in [0.4, 0.5) is 0 Å². The Hall–Kier alpha value is -1.79. The van der Waals surface area contributed by atoms with E-state index in [1.807, 2.05) is 35.9 Å². The fraction of sp³-hybridized carbons (Fsp3) is 0.214.